The summed E-state index contributed by atoms with van der Waals surface area (Å²) in [4.78, 5) is 2.32. The molecular formula is C16H19NO2S. The molecule has 0 radical (unpaired) electrons. The van der Waals surface area contributed by atoms with Gasteiger partial charge in [-0.05, 0) is 31.8 Å². The zero-order valence-corrected chi connectivity index (χ0v) is 12.5. The monoisotopic (exact) mass is 289 g/mol. The van der Waals surface area contributed by atoms with Crippen molar-refractivity contribution in [3.63, 3.8) is 0 Å². The summed E-state index contributed by atoms with van der Waals surface area (Å²) in [5.41, 5.74) is 1.01. The van der Waals surface area contributed by atoms with Crippen LogP contribution < -0.4 is 0 Å². The van der Waals surface area contributed by atoms with Gasteiger partial charge in [-0.2, -0.15) is 0 Å². The Morgan fingerprint density at radius 2 is 1.40 bits per heavy atom. The van der Waals surface area contributed by atoms with Gasteiger partial charge in [-0.15, -0.1) is 0 Å². The number of benzene rings is 2. The summed E-state index contributed by atoms with van der Waals surface area (Å²) in [6, 6.07) is 18.2. The first-order chi connectivity index (χ1) is 9.50. The largest absolute Gasteiger partial charge is 0.301 e. The van der Waals surface area contributed by atoms with Crippen molar-refractivity contribution < 1.29 is 8.42 Å². The molecule has 2 rings (SSSR count). The summed E-state index contributed by atoms with van der Waals surface area (Å²) in [7, 11) is 0.508. The average molecular weight is 289 g/mol. The zero-order valence-electron chi connectivity index (χ0n) is 11.7. The van der Waals surface area contributed by atoms with E-state index in [2.05, 4.69) is 0 Å². The molecule has 0 saturated carbocycles. The van der Waals surface area contributed by atoms with Crippen molar-refractivity contribution in [3.8, 4) is 0 Å². The van der Waals surface area contributed by atoms with E-state index in [9.17, 15) is 8.42 Å². The third-order valence-corrected chi connectivity index (χ3v) is 5.03. The van der Waals surface area contributed by atoms with Gasteiger partial charge in [-0.3, -0.25) is 0 Å². The van der Waals surface area contributed by atoms with E-state index >= 15 is 0 Å². The first-order valence-electron chi connectivity index (χ1n) is 6.50. The molecule has 2 aromatic rings. The molecule has 0 heterocycles. The fraction of sp³-hybridized carbons (Fsp3) is 0.250. The molecule has 4 heteroatoms. The lowest BCUT2D eigenvalue weighted by Crippen LogP contribution is -2.27. The van der Waals surface area contributed by atoms with Crippen LogP contribution in [0.3, 0.4) is 0 Å². The van der Waals surface area contributed by atoms with Crippen molar-refractivity contribution in [1.82, 2.24) is 4.90 Å². The smallest absolute Gasteiger partial charge is 0.180 e. The lowest BCUT2D eigenvalue weighted by molar-refractivity contribution is 0.322. The van der Waals surface area contributed by atoms with Crippen LogP contribution in [0.5, 0.6) is 0 Å². The molecule has 0 aliphatic rings. The summed E-state index contributed by atoms with van der Waals surface area (Å²) in [6.45, 7) is 0. The Bertz CT molecular complexity index is 637. The topological polar surface area (TPSA) is 37.4 Å². The highest BCUT2D eigenvalue weighted by atomic mass is 32.2. The van der Waals surface area contributed by atoms with Crippen LogP contribution in [-0.4, -0.2) is 33.2 Å². The van der Waals surface area contributed by atoms with Crippen LogP contribution in [0.25, 0.3) is 0 Å². The molecule has 1 atom stereocenters. The fourth-order valence-electron chi connectivity index (χ4n) is 2.15. The molecule has 0 aromatic heterocycles. The third kappa shape index (κ3) is 3.46. The van der Waals surface area contributed by atoms with Crippen molar-refractivity contribution in [2.24, 2.45) is 0 Å². The second-order valence-corrected chi connectivity index (χ2v) is 7.02. The molecule has 0 spiro atoms. The van der Waals surface area contributed by atoms with Crippen molar-refractivity contribution in [3.05, 3.63) is 66.2 Å². The molecule has 0 bridgehead atoms. The standard InChI is InChI=1S/C16H19NO2S/c1-17(2)16(14-9-5-3-6-10-14)13-20(18,19)15-11-7-4-8-12-15/h3-12,16H,13H2,1-2H3/t16-/m0/s1. The molecule has 0 fully saturated rings. The van der Waals surface area contributed by atoms with E-state index in [1.807, 2.05) is 55.4 Å². The zero-order chi connectivity index (χ0) is 14.6. The van der Waals surface area contributed by atoms with Gasteiger partial charge in [0, 0.05) is 6.04 Å². The van der Waals surface area contributed by atoms with Crippen LogP contribution in [0.1, 0.15) is 11.6 Å². The Morgan fingerprint density at radius 3 is 1.90 bits per heavy atom. The normalized spacial score (nSPS) is 13.3. The minimum absolute atomic E-state index is 0.0774. The summed E-state index contributed by atoms with van der Waals surface area (Å²) >= 11 is 0. The molecule has 0 amide bonds. The molecular weight excluding hydrogens is 270 g/mol. The van der Waals surface area contributed by atoms with E-state index < -0.39 is 9.84 Å². The lowest BCUT2D eigenvalue weighted by Gasteiger charge is -2.24. The highest BCUT2D eigenvalue weighted by Gasteiger charge is 2.23. The Balaban J connectivity index is 2.30. The van der Waals surface area contributed by atoms with E-state index in [1.54, 1.807) is 24.3 Å². The minimum Gasteiger partial charge on any atom is -0.301 e. The molecule has 0 aliphatic carbocycles. The molecule has 2 aromatic carbocycles. The van der Waals surface area contributed by atoms with Crippen LogP contribution in [0, 0.1) is 0 Å². The Hall–Kier alpha value is -1.65. The maximum atomic E-state index is 12.5. The number of hydrogen-bond acceptors (Lipinski definition) is 3. The van der Waals surface area contributed by atoms with Crippen LogP contribution >= 0.6 is 0 Å². The van der Waals surface area contributed by atoms with E-state index in [4.69, 9.17) is 0 Å². The van der Waals surface area contributed by atoms with Crippen molar-refractivity contribution in [2.75, 3.05) is 19.8 Å². The summed E-state index contributed by atoms with van der Waals surface area (Å²) < 4.78 is 25.0. The van der Waals surface area contributed by atoms with Gasteiger partial charge in [0.25, 0.3) is 0 Å². The van der Waals surface area contributed by atoms with Gasteiger partial charge < -0.3 is 4.90 Å². The highest BCUT2D eigenvalue weighted by molar-refractivity contribution is 7.91. The maximum Gasteiger partial charge on any atom is 0.180 e. The quantitative estimate of drug-likeness (QED) is 0.849. The Morgan fingerprint density at radius 1 is 0.900 bits per heavy atom. The van der Waals surface area contributed by atoms with Crippen molar-refractivity contribution in [1.29, 1.82) is 0 Å². The SMILES string of the molecule is CN(C)[C@@H](CS(=O)(=O)c1ccccc1)c1ccccc1. The van der Waals surface area contributed by atoms with Gasteiger partial charge >= 0.3 is 0 Å². The second-order valence-electron chi connectivity index (χ2n) is 4.98. The molecule has 0 unspecified atom stereocenters. The van der Waals surface area contributed by atoms with E-state index in [1.165, 1.54) is 0 Å². The predicted molar refractivity (Wildman–Crippen MR) is 81.4 cm³/mol. The molecule has 20 heavy (non-hydrogen) atoms. The summed E-state index contributed by atoms with van der Waals surface area (Å²) in [5, 5.41) is 0. The summed E-state index contributed by atoms with van der Waals surface area (Å²) in [5.74, 6) is 0.0774. The highest BCUT2D eigenvalue weighted by Crippen LogP contribution is 2.23. The average Bonchev–Trinajstić information content (AvgIpc) is 2.46. The number of nitrogens with zero attached hydrogens (tertiary/aromatic N) is 1. The predicted octanol–water partition coefficient (Wildman–Crippen LogP) is 2.76. The van der Waals surface area contributed by atoms with Gasteiger partial charge in [-0.1, -0.05) is 48.5 Å². The van der Waals surface area contributed by atoms with Gasteiger partial charge in [0.2, 0.25) is 0 Å². The lowest BCUT2D eigenvalue weighted by atomic mass is 10.1. The molecule has 3 nitrogen and oxygen atoms in total. The summed E-state index contributed by atoms with van der Waals surface area (Å²) in [6.07, 6.45) is 0. The first kappa shape index (κ1) is 14.8. The van der Waals surface area contributed by atoms with Crippen molar-refractivity contribution in [2.45, 2.75) is 10.9 Å². The molecule has 0 aliphatic heterocycles. The molecule has 0 N–H and O–H groups in total. The van der Waals surface area contributed by atoms with Crippen LogP contribution in [0.2, 0.25) is 0 Å². The molecule has 106 valence electrons. The second kappa shape index (κ2) is 6.20. The van der Waals surface area contributed by atoms with Crippen LogP contribution in [-0.2, 0) is 9.84 Å². The van der Waals surface area contributed by atoms with E-state index in [-0.39, 0.29) is 11.8 Å². The van der Waals surface area contributed by atoms with Gasteiger partial charge in [0.1, 0.15) is 0 Å². The third-order valence-electron chi connectivity index (χ3n) is 3.29. The minimum atomic E-state index is -3.29. The van der Waals surface area contributed by atoms with Gasteiger partial charge in [0.05, 0.1) is 10.6 Å². The Labute approximate surface area is 120 Å². The number of rotatable bonds is 5. The van der Waals surface area contributed by atoms with E-state index in [0.29, 0.717) is 4.90 Å². The number of hydrogen-bond donors (Lipinski definition) is 0. The van der Waals surface area contributed by atoms with Gasteiger partial charge in [-0.25, -0.2) is 8.42 Å². The first-order valence-corrected chi connectivity index (χ1v) is 8.15. The Kier molecular flexibility index (Phi) is 4.57. The molecule has 0 saturated heterocycles. The van der Waals surface area contributed by atoms with Crippen LogP contribution in [0.4, 0.5) is 0 Å². The van der Waals surface area contributed by atoms with Crippen molar-refractivity contribution >= 4 is 9.84 Å². The maximum absolute atomic E-state index is 12.5. The van der Waals surface area contributed by atoms with E-state index in [0.717, 1.165) is 5.56 Å². The number of sulfone groups is 1. The van der Waals surface area contributed by atoms with Crippen LogP contribution in [0.15, 0.2) is 65.6 Å². The fourth-order valence-corrected chi connectivity index (χ4v) is 3.82. The van der Waals surface area contributed by atoms with Gasteiger partial charge in [0.15, 0.2) is 9.84 Å².